The molecule has 0 aliphatic carbocycles. The first-order valence-electron chi connectivity index (χ1n) is 6.47. The molecule has 1 heterocycles. The maximum absolute atomic E-state index is 11.3. The molecule has 1 aromatic carbocycles. The topological polar surface area (TPSA) is 48.0 Å². The number of halogens is 1. The van der Waals surface area contributed by atoms with E-state index in [-0.39, 0.29) is 12.1 Å². The highest BCUT2D eigenvalue weighted by Gasteiger charge is 2.23. The Labute approximate surface area is 126 Å². The summed E-state index contributed by atoms with van der Waals surface area (Å²) in [5.41, 5.74) is 0. The van der Waals surface area contributed by atoms with E-state index in [1.807, 2.05) is 29.2 Å². The van der Waals surface area contributed by atoms with Gasteiger partial charge in [-0.1, -0.05) is 12.1 Å². The lowest BCUT2D eigenvalue weighted by Gasteiger charge is -2.31. The summed E-state index contributed by atoms with van der Waals surface area (Å²) in [4.78, 5) is 13.3. The summed E-state index contributed by atoms with van der Waals surface area (Å²) < 4.78 is 17.0. The predicted octanol–water partition coefficient (Wildman–Crippen LogP) is 1.70. The molecule has 1 fully saturated rings. The lowest BCUT2D eigenvalue weighted by molar-refractivity contribution is -0.144. The van der Waals surface area contributed by atoms with Gasteiger partial charge in [0.1, 0.15) is 18.5 Å². The molecule has 0 saturated carbocycles. The largest absolute Gasteiger partial charge is 0.490 e. The molecule has 1 saturated heterocycles. The fourth-order valence-corrected chi connectivity index (χ4v) is 2.42. The highest BCUT2D eigenvalue weighted by molar-refractivity contribution is 9.10. The Hall–Kier alpha value is -1.11. The fourth-order valence-electron chi connectivity index (χ4n) is 2.02. The molecule has 0 bridgehead atoms. The Morgan fingerprint density at radius 2 is 2.30 bits per heavy atom. The number of para-hydroxylation sites is 1. The number of esters is 1. The summed E-state index contributed by atoms with van der Waals surface area (Å²) in [7, 11) is 1.40. The van der Waals surface area contributed by atoms with E-state index in [0.717, 1.165) is 16.8 Å². The first kappa shape index (κ1) is 15.3. The third-order valence-corrected chi connectivity index (χ3v) is 3.72. The number of hydrogen-bond donors (Lipinski definition) is 0. The number of morpholine rings is 1. The van der Waals surface area contributed by atoms with Crippen molar-refractivity contribution >= 4 is 21.9 Å². The van der Waals surface area contributed by atoms with Gasteiger partial charge in [-0.3, -0.25) is 9.69 Å². The van der Waals surface area contributed by atoms with E-state index < -0.39 is 0 Å². The van der Waals surface area contributed by atoms with Crippen LogP contribution < -0.4 is 4.74 Å². The van der Waals surface area contributed by atoms with Crippen LogP contribution in [0.1, 0.15) is 0 Å². The number of hydrogen-bond acceptors (Lipinski definition) is 5. The van der Waals surface area contributed by atoms with E-state index in [0.29, 0.717) is 26.3 Å². The maximum Gasteiger partial charge on any atom is 0.319 e. The molecule has 0 aromatic heterocycles. The Bertz CT molecular complexity index is 455. The molecule has 0 spiro atoms. The Morgan fingerprint density at radius 1 is 1.50 bits per heavy atom. The van der Waals surface area contributed by atoms with Gasteiger partial charge in [-0.05, 0) is 28.1 Å². The van der Waals surface area contributed by atoms with Crippen LogP contribution in [-0.2, 0) is 14.3 Å². The molecule has 6 heteroatoms. The molecule has 0 N–H and O–H groups in total. The van der Waals surface area contributed by atoms with Crippen molar-refractivity contribution in [3.8, 4) is 5.75 Å². The van der Waals surface area contributed by atoms with Crippen LogP contribution in [0, 0.1) is 0 Å². The zero-order valence-electron chi connectivity index (χ0n) is 11.4. The molecule has 1 aromatic rings. The molecule has 110 valence electrons. The highest BCUT2D eigenvalue weighted by atomic mass is 79.9. The number of nitrogens with zero attached hydrogens (tertiary/aromatic N) is 1. The van der Waals surface area contributed by atoms with Crippen molar-refractivity contribution < 1.29 is 19.0 Å². The minimum atomic E-state index is -0.225. The maximum atomic E-state index is 11.3. The highest BCUT2D eigenvalue weighted by Crippen LogP contribution is 2.24. The average Bonchev–Trinajstić information content (AvgIpc) is 2.47. The van der Waals surface area contributed by atoms with Crippen LogP contribution in [0.25, 0.3) is 0 Å². The van der Waals surface area contributed by atoms with Gasteiger partial charge in [0.25, 0.3) is 0 Å². The van der Waals surface area contributed by atoms with Crippen molar-refractivity contribution in [2.75, 3.05) is 40.0 Å². The average molecular weight is 344 g/mol. The normalized spacial score (nSPS) is 19.6. The minimum Gasteiger partial charge on any atom is -0.490 e. The van der Waals surface area contributed by atoms with Gasteiger partial charge in [0.15, 0.2) is 0 Å². The summed E-state index contributed by atoms with van der Waals surface area (Å²) in [6.45, 7) is 2.76. The third kappa shape index (κ3) is 4.47. The lowest BCUT2D eigenvalue weighted by Crippen LogP contribution is -2.46. The van der Waals surface area contributed by atoms with E-state index in [1.54, 1.807) is 0 Å². The van der Waals surface area contributed by atoms with Crippen molar-refractivity contribution in [3.63, 3.8) is 0 Å². The van der Waals surface area contributed by atoms with Gasteiger partial charge in [0.05, 0.1) is 24.7 Å². The summed E-state index contributed by atoms with van der Waals surface area (Å²) in [6, 6.07) is 7.69. The molecule has 5 nitrogen and oxygen atoms in total. The molecule has 20 heavy (non-hydrogen) atoms. The van der Waals surface area contributed by atoms with Gasteiger partial charge in [0, 0.05) is 13.1 Å². The van der Waals surface area contributed by atoms with Crippen LogP contribution in [0.4, 0.5) is 0 Å². The van der Waals surface area contributed by atoms with Gasteiger partial charge in [0.2, 0.25) is 0 Å². The van der Waals surface area contributed by atoms with Crippen molar-refractivity contribution in [1.82, 2.24) is 4.90 Å². The van der Waals surface area contributed by atoms with Gasteiger partial charge in [-0.2, -0.15) is 0 Å². The van der Waals surface area contributed by atoms with E-state index in [2.05, 4.69) is 20.7 Å². The SMILES string of the molecule is COC(=O)CN1CCO[C@@H](COc2ccccc2Br)C1. The zero-order valence-corrected chi connectivity index (χ0v) is 13.0. The van der Waals surface area contributed by atoms with Gasteiger partial charge >= 0.3 is 5.97 Å². The van der Waals surface area contributed by atoms with Crippen LogP contribution in [0.5, 0.6) is 5.75 Å². The molecule has 1 aliphatic rings. The van der Waals surface area contributed by atoms with Crippen LogP contribution in [-0.4, -0.2) is 56.9 Å². The van der Waals surface area contributed by atoms with Crippen molar-refractivity contribution in [3.05, 3.63) is 28.7 Å². The first-order valence-corrected chi connectivity index (χ1v) is 7.26. The van der Waals surface area contributed by atoms with E-state index in [4.69, 9.17) is 9.47 Å². The Balaban J connectivity index is 1.81. The number of carbonyl (C=O) groups is 1. The first-order chi connectivity index (χ1) is 9.69. The minimum absolute atomic E-state index is 0.0412. The van der Waals surface area contributed by atoms with Gasteiger partial charge in [-0.15, -0.1) is 0 Å². The van der Waals surface area contributed by atoms with Crippen LogP contribution in [0.3, 0.4) is 0 Å². The summed E-state index contributed by atoms with van der Waals surface area (Å²) in [5.74, 6) is 0.568. The quantitative estimate of drug-likeness (QED) is 0.761. The number of carbonyl (C=O) groups excluding carboxylic acids is 1. The molecule has 0 radical (unpaired) electrons. The summed E-state index contributed by atoms with van der Waals surface area (Å²) in [6.07, 6.45) is -0.0412. The predicted molar refractivity (Wildman–Crippen MR) is 77.8 cm³/mol. The third-order valence-electron chi connectivity index (χ3n) is 3.06. The molecular weight excluding hydrogens is 326 g/mol. The molecule has 0 amide bonds. The van der Waals surface area contributed by atoms with Crippen molar-refractivity contribution in [1.29, 1.82) is 0 Å². The van der Waals surface area contributed by atoms with E-state index in [1.165, 1.54) is 7.11 Å². The number of benzene rings is 1. The second-order valence-electron chi connectivity index (χ2n) is 4.55. The fraction of sp³-hybridized carbons (Fsp3) is 0.500. The molecule has 1 atom stereocenters. The lowest BCUT2D eigenvalue weighted by atomic mass is 10.3. The van der Waals surface area contributed by atoms with Crippen LogP contribution >= 0.6 is 15.9 Å². The molecule has 2 rings (SSSR count). The Morgan fingerprint density at radius 3 is 3.05 bits per heavy atom. The standard InChI is InChI=1S/C14H18BrNO4/c1-18-14(17)9-16-6-7-19-11(8-16)10-20-13-5-3-2-4-12(13)15/h2-5,11H,6-10H2,1H3/t11-/m1/s1. The van der Waals surface area contributed by atoms with Crippen LogP contribution in [0.15, 0.2) is 28.7 Å². The number of methoxy groups -OCH3 is 1. The monoisotopic (exact) mass is 343 g/mol. The van der Waals surface area contributed by atoms with Crippen molar-refractivity contribution in [2.45, 2.75) is 6.10 Å². The second kappa shape index (κ2) is 7.61. The molecular formula is C14H18BrNO4. The smallest absolute Gasteiger partial charge is 0.319 e. The zero-order chi connectivity index (χ0) is 14.4. The van der Waals surface area contributed by atoms with E-state index in [9.17, 15) is 4.79 Å². The molecule has 0 unspecified atom stereocenters. The number of rotatable bonds is 5. The van der Waals surface area contributed by atoms with Crippen LogP contribution in [0.2, 0.25) is 0 Å². The van der Waals surface area contributed by atoms with Gasteiger partial charge < -0.3 is 14.2 Å². The molecule has 1 aliphatic heterocycles. The summed E-state index contributed by atoms with van der Waals surface area (Å²) in [5, 5.41) is 0. The van der Waals surface area contributed by atoms with Gasteiger partial charge in [-0.25, -0.2) is 0 Å². The second-order valence-corrected chi connectivity index (χ2v) is 5.40. The number of ether oxygens (including phenoxy) is 3. The Kier molecular flexibility index (Phi) is 5.82. The van der Waals surface area contributed by atoms with Crippen molar-refractivity contribution in [2.24, 2.45) is 0 Å². The summed E-state index contributed by atoms with van der Waals surface area (Å²) >= 11 is 3.44. The van der Waals surface area contributed by atoms with E-state index >= 15 is 0 Å².